The number of nitrogens with zero attached hydrogens (tertiary/aromatic N) is 1. The predicted octanol–water partition coefficient (Wildman–Crippen LogP) is 2.31. The molecular formula is C7H10BrNO. The lowest BCUT2D eigenvalue weighted by Crippen LogP contribution is -2.25. The fourth-order valence-electron chi connectivity index (χ4n) is 2.34. The number of fused-ring (bicyclic) bond motifs is 2. The van der Waals surface area contributed by atoms with Crippen molar-refractivity contribution < 1.29 is 0 Å². The molecule has 0 aromatic heterocycles. The van der Waals surface area contributed by atoms with Crippen LogP contribution in [0.25, 0.3) is 0 Å². The van der Waals surface area contributed by atoms with E-state index in [9.17, 15) is 4.91 Å². The summed E-state index contributed by atoms with van der Waals surface area (Å²) in [5.74, 6) is 1.35. The molecule has 2 fully saturated rings. The van der Waals surface area contributed by atoms with Gasteiger partial charge in [-0.1, -0.05) is 21.1 Å². The predicted molar refractivity (Wildman–Crippen MR) is 43.1 cm³/mol. The van der Waals surface area contributed by atoms with Crippen molar-refractivity contribution in [1.82, 2.24) is 0 Å². The Kier molecular flexibility index (Phi) is 1.55. The highest BCUT2D eigenvalue weighted by atomic mass is 79.9. The van der Waals surface area contributed by atoms with Crippen molar-refractivity contribution in [2.45, 2.75) is 30.1 Å². The van der Waals surface area contributed by atoms with Crippen LogP contribution in [0.1, 0.15) is 19.3 Å². The van der Waals surface area contributed by atoms with Crippen LogP contribution in [0.3, 0.4) is 0 Å². The Morgan fingerprint density at radius 1 is 1.30 bits per heavy atom. The van der Waals surface area contributed by atoms with E-state index >= 15 is 0 Å². The van der Waals surface area contributed by atoms with Crippen molar-refractivity contribution in [3.63, 3.8) is 0 Å². The zero-order valence-electron chi connectivity index (χ0n) is 5.66. The zero-order chi connectivity index (χ0) is 7.14. The molecule has 0 aromatic rings. The normalized spacial score (nSPS) is 51.7. The maximum Gasteiger partial charge on any atom is 0.107 e. The standard InChI is InChI=1S/C7H10BrNO/c8-6-4-1-2-5(3-4)7(6)9-10/h4-7H,1-3H2. The van der Waals surface area contributed by atoms with Gasteiger partial charge in [-0.15, -0.1) is 0 Å². The summed E-state index contributed by atoms with van der Waals surface area (Å²) >= 11 is 3.53. The van der Waals surface area contributed by atoms with Gasteiger partial charge in [0.15, 0.2) is 0 Å². The maximum atomic E-state index is 10.3. The van der Waals surface area contributed by atoms with Crippen LogP contribution < -0.4 is 0 Å². The second kappa shape index (κ2) is 2.29. The van der Waals surface area contributed by atoms with Gasteiger partial charge in [-0.3, -0.25) is 0 Å². The summed E-state index contributed by atoms with van der Waals surface area (Å²) in [6, 6.07) is 0.0822. The lowest BCUT2D eigenvalue weighted by atomic mass is 9.96. The van der Waals surface area contributed by atoms with Gasteiger partial charge in [-0.25, -0.2) is 0 Å². The number of nitroso groups, excluding NO2 is 1. The molecule has 2 aliphatic rings. The molecule has 10 heavy (non-hydrogen) atoms. The van der Waals surface area contributed by atoms with Crippen molar-refractivity contribution in [1.29, 1.82) is 0 Å². The van der Waals surface area contributed by atoms with Gasteiger partial charge in [0, 0.05) is 4.83 Å². The zero-order valence-corrected chi connectivity index (χ0v) is 7.25. The lowest BCUT2D eigenvalue weighted by molar-refractivity contribution is 0.433. The monoisotopic (exact) mass is 203 g/mol. The Hall–Kier alpha value is 0.0800. The van der Waals surface area contributed by atoms with Gasteiger partial charge in [-0.05, 0) is 31.1 Å². The Labute approximate surface area is 68.5 Å². The summed E-state index contributed by atoms with van der Waals surface area (Å²) in [7, 11) is 0. The molecule has 0 amide bonds. The minimum Gasteiger partial charge on any atom is -0.150 e. The van der Waals surface area contributed by atoms with Crippen LogP contribution in [-0.2, 0) is 0 Å². The molecule has 0 aromatic carbocycles. The third kappa shape index (κ3) is 0.760. The third-order valence-electron chi connectivity index (χ3n) is 2.90. The molecule has 2 bridgehead atoms. The first-order chi connectivity index (χ1) is 4.83. The van der Waals surface area contributed by atoms with E-state index in [1.807, 2.05) is 0 Å². The highest BCUT2D eigenvalue weighted by Crippen LogP contribution is 2.49. The van der Waals surface area contributed by atoms with E-state index in [4.69, 9.17) is 0 Å². The number of hydrogen-bond donors (Lipinski definition) is 0. The first kappa shape index (κ1) is 6.77. The molecule has 2 saturated carbocycles. The second-order valence-corrected chi connectivity index (χ2v) is 4.43. The van der Waals surface area contributed by atoms with Crippen LogP contribution in [0.15, 0.2) is 5.18 Å². The SMILES string of the molecule is O=NC1C2CCC(C2)C1Br. The van der Waals surface area contributed by atoms with Gasteiger partial charge < -0.3 is 0 Å². The number of halogens is 1. The van der Waals surface area contributed by atoms with Crippen LogP contribution in [0.5, 0.6) is 0 Å². The minimum absolute atomic E-state index is 0.0822. The number of alkyl halides is 1. The fraction of sp³-hybridized carbons (Fsp3) is 1.00. The molecule has 4 unspecified atom stereocenters. The molecule has 4 atom stereocenters. The average molecular weight is 204 g/mol. The smallest absolute Gasteiger partial charge is 0.107 e. The largest absolute Gasteiger partial charge is 0.150 e. The van der Waals surface area contributed by atoms with Crippen molar-refractivity contribution in [2.24, 2.45) is 17.0 Å². The van der Waals surface area contributed by atoms with Gasteiger partial charge in [0.25, 0.3) is 0 Å². The summed E-state index contributed by atoms with van der Waals surface area (Å²) in [4.78, 5) is 10.7. The first-order valence-electron chi connectivity index (χ1n) is 3.79. The molecule has 0 spiro atoms. The Bertz CT molecular complexity index is 160. The number of hydrogen-bond acceptors (Lipinski definition) is 2. The van der Waals surface area contributed by atoms with Gasteiger partial charge in [0.2, 0.25) is 0 Å². The first-order valence-corrected chi connectivity index (χ1v) is 4.71. The van der Waals surface area contributed by atoms with Crippen LogP contribution >= 0.6 is 15.9 Å². The maximum absolute atomic E-state index is 10.3. The van der Waals surface area contributed by atoms with Crippen molar-refractivity contribution in [3.05, 3.63) is 4.91 Å². The highest BCUT2D eigenvalue weighted by molar-refractivity contribution is 9.09. The number of rotatable bonds is 1. The molecule has 2 nitrogen and oxygen atoms in total. The van der Waals surface area contributed by atoms with Crippen molar-refractivity contribution in [3.8, 4) is 0 Å². The van der Waals surface area contributed by atoms with E-state index < -0.39 is 0 Å². The van der Waals surface area contributed by atoms with Crippen LogP contribution in [0.4, 0.5) is 0 Å². The van der Waals surface area contributed by atoms with Crippen LogP contribution in [-0.4, -0.2) is 10.9 Å². The molecule has 0 aliphatic heterocycles. The van der Waals surface area contributed by atoms with E-state index in [2.05, 4.69) is 21.1 Å². The van der Waals surface area contributed by atoms with E-state index in [-0.39, 0.29) is 6.04 Å². The molecule has 3 heteroatoms. The van der Waals surface area contributed by atoms with Crippen LogP contribution in [0, 0.1) is 16.7 Å². The topological polar surface area (TPSA) is 29.4 Å². The van der Waals surface area contributed by atoms with E-state index in [1.165, 1.54) is 19.3 Å². The molecule has 0 heterocycles. The van der Waals surface area contributed by atoms with E-state index in [0.29, 0.717) is 10.7 Å². The molecule has 0 N–H and O–H groups in total. The van der Waals surface area contributed by atoms with E-state index in [0.717, 1.165) is 5.92 Å². The minimum atomic E-state index is 0.0822. The molecule has 2 aliphatic carbocycles. The van der Waals surface area contributed by atoms with Crippen molar-refractivity contribution in [2.75, 3.05) is 0 Å². The molecule has 0 saturated heterocycles. The average Bonchev–Trinajstić information content (AvgIpc) is 2.46. The second-order valence-electron chi connectivity index (χ2n) is 3.37. The molecule has 2 rings (SSSR count). The summed E-state index contributed by atoms with van der Waals surface area (Å²) in [5, 5.41) is 3.15. The Balaban J connectivity index is 2.16. The summed E-state index contributed by atoms with van der Waals surface area (Å²) in [6.45, 7) is 0. The van der Waals surface area contributed by atoms with Crippen molar-refractivity contribution >= 4 is 15.9 Å². The molecule has 56 valence electrons. The lowest BCUT2D eigenvalue weighted by Gasteiger charge is -2.19. The van der Waals surface area contributed by atoms with Crippen LogP contribution in [0.2, 0.25) is 0 Å². The van der Waals surface area contributed by atoms with E-state index in [1.54, 1.807) is 0 Å². The summed E-state index contributed by atoms with van der Waals surface area (Å²) < 4.78 is 0. The molecular weight excluding hydrogens is 194 g/mol. The highest BCUT2D eigenvalue weighted by Gasteiger charge is 2.47. The Morgan fingerprint density at radius 3 is 2.40 bits per heavy atom. The quantitative estimate of drug-likeness (QED) is 0.476. The van der Waals surface area contributed by atoms with Gasteiger partial charge in [0.1, 0.15) is 6.04 Å². The Morgan fingerprint density at radius 2 is 2.00 bits per heavy atom. The van der Waals surface area contributed by atoms with Gasteiger partial charge in [0.05, 0.1) is 0 Å². The third-order valence-corrected chi connectivity index (χ3v) is 4.18. The summed E-state index contributed by atoms with van der Waals surface area (Å²) in [5.41, 5.74) is 0. The van der Waals surface area contributed by atoms with Gasteiger partial charge >= 0.3 is 0 Å². The van der Waals surface area contributed by atoms with Gasteiger partial charge in [-0.2, -0.15) is 4.91 Å². The summed E-state index contributed by atoms with van der Waals surface area (Å²) in [6.07, 6.45) is 3.75. The molecule has 0 radical (unpaired) electrons. The fourth-order valence-corrected chi connectivity index (χ4v) is 3.34.